The molecule has 1 N–H and O–H groups in total. The lowest BCUT2D eigenvalue weighted by molar-refractivity contribution is 0.0690. The molecule has 8 heteroatoms. The molecule has 32 heavy (non-hydrogen) atoms. The summed E-state index contributed by atoms with van der Waals surface area (Å²) in [6.07, 6.45) is 1.47. The molecular formula is C24H15Cl3N2O3. The molecule has 160 valence electrons. The molecule has 2 aromatic carbocycles. The van der Waals surface area contributed by atoms with E-state index < -0.39 is 5.97 Å². The van der Waals surface area contributed by atoms with Gasteiger partial charge in [0.25, 0.3) is 0 Å². The van der Waals surface area contributed by atoms with Crippen molar-refractivity contribution in [2.45, 2.75) is 6.61 Å². The molecule has 0 saturated carbocycles. The Kier molecular flexibility index (Phi) is 6.61. The van der Waals surface area contributed by atoms with E-state index in [2.05, 4.69) is 9.97 Å². The lowest BCUT2D eigenvalue weighted by Crippen LogP contribution is -2.03. The Morgan fingerprint density at radius 2 is 1.69 bits per heavy atom. The second kappa shape index (κ2) is 9.57. The van der Waals surface area contributed by atoms with Gasteiger partial charge in [0.1, 0.15) is 18.1 Å². The molecular weight excluding hydrogens is 471 g/mol. The molecule has 0 aliphatic carbocycles. The van der Waals surface area contributed by atoms with Gasteiger partial charge in [0.05, 0.1) is 26.5 Å². The maximum atomic E-state index is 11.6. The summed E-state index contributed by atoms with van der Waals surface area (Å²) >= 11 is 18.7. The van der Waals surface area contributed by atoms with Crippen LogP contribution in [-0.2, 0) is 6.61 Å². The van der Waals surface area contributed by atoms with E-state index in [0.29, 0.717) is 49.9 Å². The first-order chi connectivity index (χ1) is 15.4. The monoisotopic (exact) mass is 484 g/mol. The third-order valence-corrected chi connectivity index (χ3v) is 5.43. The number of pyridine rings is 2. The normalized spacial score (nSPS) is 10.7. The van der Waals surface area contributed by atoms with Crippen molar-refractivity contribution in [1.82, 2.24) is 9.97 Å². The number of hydrogen-bond donors (Lipinski definition) is 1. The molecule has 0 fully saturated rings. The van der Waals surface area contributed by atoms with Gasteiger partial charge < -0.3 is 9.84 Å². The van der Waals surface area contributed by atoms with Crippen LogP contribution in [0.15, 0.2) is 72.9 Å². The van der Waals surface area contributed by atoms with Gasteiger partial charge in [-0.3, -0.25) is 4.98 Å². The Labute approximate surface area is 199 Å². The van der Waals surface area contributed by atoms with Crippen molar-refractivity contribution in [2.24, 2.45) is 0 Å². The van der Waals surface area contributed by atoms with E-state index in [0.717, 1.165) is 5.56 Å². The van der Waals surface area contributed by atoms with Gasteiger partial charge in [0, 0.05) is 17.3 Å². The van der Waals surface area contributed by atoms with Gasteiger partial charge in [-0.25, -0.2) is 9.78 Å². The summed E-state index contributed by atoms with van der Waals surface area (Å²) in [6, 6.07) is 19.4. The first-order valence-corrected chi connectivity index (χ1v) is 10.6. The third-order valence-electron chi connectivity index (χ3n) is 4.62. The summed E-state index contributed by atoms with van der Waals surface area (Å²) in [5.74, 6) is -0.709. The van der Waals surface area contributed by atoms with Gasteiger partial charge in [-0.15, -0.1) is 0 Å². The van der Waals surface area contributed by atoms with Crippen LogP contribution in [0.25, 0.3) is 22.5 Å². The average Bonchev–Trinajstić information content (AvgIpc) is 2.79. The van der Waals surface area contributed by atoms with Crippen molar-refractivity contribution in [1.29, 1.82) is 0 Å². The predicted molar refractivity (Wildman–Crippen MR) is 126 cm³/mol. The van der Waals surface area contributed by atoms with Crippen molar-refractivity contribution in [3.8, 4) is 28.3 Å². The first-order valence-electron chi connectivity index (χ1n) is 9.45. The molecule has 0 aliphatic rings. The van der Waals surface area contributed by atoms with E-state index in [1.165, 1.54) is 12.3 Å². The van der Waals surface area contributed by atoms with Gasteiger partial charge >= 0.3 is 5.97 Å². The van der Waals surface area contributed by atoms with Gasteiger partial charge in [-0.05, 0) is 35.9 Å². The quantitative estimate of drug-likeness (QED) is 0.317. The summed E-state index contributed by atoms with van der Waals surface area (Å²) < 4.78 is 5.91. The average molecular weight is 486 g/mol. The molecule has 5 nitrogen and oxygen atoms in total. The number of ether oxygens (including phenoxy) is 1. The van der Waals surface area contributed by atoms with Crippen LogP contribution in [0.2, 0.25) is 15.1 Å². The van der Waals surface area contributed by atoms with Crippen LogP contribution in [-0.4, -0.2) is 21.0 Å². The highest BCUT2D eigenvalue weighted by Crippen LogP contribution is 2.37. The molecule has 2 heterocycles. The van der Waals surface area contributed by atoms with Gasteiger partial charge in [0.2, 0.25) is 0 Å². The third kappa shape index (κ3) is 4.86. The Balaban J connectivity index is 1.79. The van der Waals surface area contributed by atoms with E-state index in [-0.39, 0.29) is 5.69 Å². The zero-order valence-corrected chi connectivity index (χ0v) is 18.7. The number of hydrogen-bond acceptors (Lipinski definition) is 4. The minimum absolute atomic E-state index is 0.115. The highest BCUT2D eigenvalue weighted by molar-refractivity contribution is 6.36. The van der Waals surface area contributed by atoms with E-state index in [9.17, 15) is 9.90 Å². The summed E-state index contributed by atoms with van der Waals surface area (Å²) in [6.45, 7) is 0.323. The molecule has 0 unspecified atom stereocenters. The maximum absolute atomic E-state index is 11.6. The minimum Gasteiger partial charge on any atom is -0.487 e. The molecule has 0 radical (unpaired) electrons. The fourth-order valence-electron chi connectivity index (χ4n) is 3.10. The van der Waals surface area contributed by atoms with Gasteiger partial charge in [-0.2, -0.15) is 0 Å². The minimum atomic E-state index is -1.15. The van der Waals surface area contributed by atoms with E-state index in [1.54, 1.807) is 30.3 Å². The molecule has 0 aliphatic heterocycles. The molecule has 0 atom stereocenters. The lowest BCUT2D eigenvalue weighted by atomic mass is 10.0. The number of carboxylic acid groups (broad SMARTS) is 1. The van der Waals surface area contributed by atoms with Crippen molar-refractivity contribution >= 4 is 40.8 Å². The number of nitrogens with zero attached hydrogens (tertiary/aromatic N) is 2. The van der Waals surface area contributed by atoms with E-state index in [1.807, 2.05) is 30.3 Å². The van der Waals surface area contributed by atoms with Crippen molar-refractivity contribution < 1.29 is 14.6 Å². The van der Waals surface area contributed by atoms with Crippen LogP contribution in [0.1, 0.15) is 16.1 Å². The van der Waals surface area contributed by atoms with Crippen LogP contribution in [0.4, 0.5) is 0 Å². The number of carboxylic acids is 1. The van der Waals surface area contributed by atoms with Crippen LogP contribution in [0.3, 0.4) is 0 Å². The molecule has 0 bridgehead atoms. The standard InChI is InChI=1S/C24H15Cl3N2O3/c25-16-11-19(27)23(28-12-16)17-7-9-20(24(30)31)29-22(17)15-6-8-18(26)21(10-15)32-13-14-4-2-1-3-5-14/h1-12H,13H2,(H,30,31). The topological polar surface area (TPSA) is 72.3 Å². The summed E-state index contributed by atoms with van der Waals surface area (Å²) in [5, 5.41) is 10.6. The molecule has 2 aromatic heterocycles. The van der Waals surface area contributed by atoms with Gasteiger partial charge in [-0.1, -0.05) is 71.2 Å². The predicted octanol–water partition coefficient (Wildman–Crippen LogP) is 7.05. The fraction of sp³-hybridized carbons (Fsp3) is 0.0417. The Morgan fingerprint density at radius 3 is 2.41 bits per heavy atom. The van der Waals surface area contributed by atoms with Crippen LogP contribution in [0.5, 0.6) is 5.75 Å². The van der Waals surface area contributed by atoms with Crippen molar-refractivity contribution in [2.75, 3.05) is 0 Å². The van der Waals surface area contributed by atoms with Crippen LogP contribution < -0.4 is 4.74 Å². The summed E-state index contributed by atoms with van der Waals surface area (Å²) in [5.41, 5.74) is 2.82. The molecule has 0 saturated heterocycles. The molecule has 4 rings (SSSR count). The largest absolute Gasteiger partial charge is 0.487 e. The van der Waals surface area contributed by atoms with Gasteiger partial charge in [0.15, 0.2) is 0 Å². The molecule has 0 amide bonds. The Bertz CT molecular complexity index is 1300. The zero-order chi connectivity index (χ0) is 22.7. The SMILES string of the molecule is O=C(O)c1ccc(-c2ncc(Cl)cc2Cl)c(-c2ccc(Cl)c(OCc3ccccc3)c2)n1. The smallest absolute Gasteiger partial charge is 0.354 e. The van der Waals surface area contributed by atoms with Crippen LogP contribution in [0, 0.1) is 0 Å². The number of rotatable bonds is 6. The first kappa shape index (κ1) is 22.1. The maximum Gasteiger partial charge on any atom is 0.354 e. The highest BCUT2D eigenvalue weighted by atomic mass is 35.5. The van der Waals surface area contributed by atoms with E-state index in [4.69, 9.17) is 39.5 Å². The second-order valence-corrected chi connectivity index (χ2v) is 8.05. The summed E-state index contributed by atoms with van der Waals surface area (Å²) in [7, 11) is 0. The second-order valence-electron chi connectivity index (χ2n) is 6.80. The number of aromatic nitrogens is 2. The lowest BCUT2D eigenvalue weighted by Gasteiger charge is -2.14. The fourth-order valence-corrected chi connectivity index (χ4v) is 3.75. The summed E-state index contributed by atoms with van der Waals surface area (Å²) in [4.78, 5) is 20.2. The number of aromatic carboxylic acids is 1. The molecule has 4 aromatic rings. The highest BCUT2D eigenvalue weighted by Gasteiger charge is 2.18. The zero-order valence-electron chi connectivity index (χ0n) is 16.4. The Morgan fingerprint density at radius 1 is 0.906 bits per heavy atom. The van der Waals surface area contributed by atoms with E-state index >= 15 is 0 Å². The molecule has 0 spiro atoms. The van der Waals surface area contributed by atoms with Crippen molar-refractivity contribution in [3.63, 3.8) is 0 Å². The number of halogens is 3. The van der Waals surface area contributed by atoms with Crippen molar-refractivity contribution in [3.05, 3.63) is 99.3 Å². The number of benzene rings is 2. The van der Waals surface area contributed by atoms with Crippen LogP contribution >= 0.6 is 34.8 Å². The number of carbonyl (C=O) groups is 1. The Hall–Kier alpha value is -3.12.